The number of amides is 1. The molecule has 176 valence electrons. The molecule has 8 nitrogen and oxygen atoms in total. The molecule has 0 aliphatic carbocycles. The SMILES string of the molecule is Cc1cc(S(=O)(=O)N(C(=O)c2ccncc2)c2ccc(OC(=O)c3ccncc3)cc2)ccc1Cl. The minimum atomic E-state index is -4.33. The van der Waals surface area contributed by atoms with Gasteiger partial charge in [0.15, 0.2) is 0 Å². The standard InChI is InChI=1S/C25H18ClN3O5S/c1-17-16-22(6-7-23(17)26)35(32,33)29(24(30)18-8-12-27-13-9-18)20-2-4-21(5-3-20)34-25(31)19-10-14-28-15-11-19/h2-16H,1H3. The lowest BCUT2D eigenvalue weighted by Gasteiger charge is -2.23. The summed E-state index contributed by atoms with van der Waals surface area (Å²) in [6.07, 6.45) is 5.72. The predicted molar refractivity (Wildman–Crippen MR) is 130 cm³/mol. The number of sulfonamides is 1. The van der Waals surface area contributed by atoms with Crippen LogP contribution in [-0.4, -0.2) is 30.3 Å². The third-order valence-corrected chi connectivity index (χ3v) is 7.11. The number of aryl methyl sites for hydroxylation is 1. The zero-order valence-corrected chi connectivity index (χ0v) is 19.9. The van der Waals surface area contributed by atoms with Crippen LogP contribution in [0.2, 0.25) is 5.02 Å². The highest BCUT2D eigenvalue weighted by Crippen LogP contribution is 2.29. The van der Waals surface area contributed by atoms with Crippen LogP contribution < -0.4 is 9.04 Å². The van der Waals surface area contributed by atoms with Crippen LogP contribution >= 0.6 is 11.6 Å². The Morgan fingerprint density at radius 2 is 1.40 bits per heavy atom. The molecule has 1 amide bonds. The van der Waals surface area contributed by atoms with Gasteiger partial charge >= 0.3 is 5.97 Å². The summed E-state index contributed by atoms with van der Waals surface area (Å²) >= 11 is 6.06. The highest BCUT2D eigenvalue weighted by atomic mass is 35.5. The van der Waals surface area contributed by atoms with E-state index in [4.69, 9.17) is 16.3 Å². The average Bonchev–Trinajstić information content (AvgIpc) is 2.87. The molecule has 0 fully saturated rings. The quantitative estimate of drug-likeness (QED) is 0.275. The number of anilines is 1. The van der Waals surface area contributed by atoms with E-state index < -0.39 is 21.9 Å². The molecule has 0 bridgehead atoms. The first kappa shape index (κ1) is 24.1. The fourth-order valence-electron chi connectivity index (χ4n) is 3.16. The Kier molecular flexibility index (Phi) is 6.90. The van der Waals surface area contributed by atoms with Gasteiger partial charge in [-0.25, -0.2) is 13.2 Å². The number of rotatable bonds is 6. The van der Waals surface area contributed by atoms with Crippen molar-refractivity contribution in [3.63, 3.8) is 0 Å². The number of benzene rings is 2. The summed E-state index contributed by atoms with van der Waals surface area (Å²) in [6.45, 7) is 1.67. The Morgan fingerprint density at radius 1 is 0.829 bits per heavy atom. The fourth-order valence-corrected chi connectivity index (χ4v) is 4.78. The Labute approximate surface area is 206 Å². The van der Waals surface area contributed by atoms with Gasteiger partial charge in [0.1, 0.15) is 5.75 Å². The van der Waals surface area contributed by atoms with Crippen LogP contribution in [0, 0.1) is 6.92 Å². The van der Waals surface area contributed by atoms with Crippen LogP contribution in [-0.2, 0) is 10.0 Å². The molecule has 10 heteroatoms. The maximum atomic E-state index is 13.6. The molecule has 0 aliphatic heterocycles. The second kappa shape index (κ2) is 10.0. The van der Waals surface area contributed by atoms with E-state index in [0.717, 1.165) is 0 Å². The molecule has 0 N–H and O–H groups in total. The van der Waals surface area contributed by atoms with Gasteiger partial charge in [0.2, 0.25) is 0 Å². The van der Waals surface area contributed by atoms with E-state index in [1.54, 1.807) is 6.92 Å². The predicted octanol–water partition coefficient (Wildman–Crippen LogP) is 4.69. The monoisotopic (exact) mass is 507 g/mol. The maximum Gasteiger partial charge on any atom is 0.343 e. The second-order valence-corrected chi connectivity index (χ2v) is 9.53. The zero-order chi connectivity index (χ0) is 25.0. The minimum Gasteiger partial charge on any atom is -0.423 e. The lowest BCUT2D eigenvalue weighted by Crippen LogP contribution is -2.37. The smallest absolute Gasteiger partial charge is 0.343 e. The van der Waals surface area contributed by atoms with E-state index in [1.165, 1.54) is 91.5 Å². The molecule has 35 heavy (non-hydrogen) atoms. The van der Waals surface area contributed by atoms with Crippen LogP contribution in [0.5, 0.6) is 5.75 Å². The molecule has 2 aromatic heterocycles. The normalized spacial score (nSPS) is 11.0. The number of carbonyl (C=O) groups excluding carboxylic acids is 2. The van der Waals surface area contributed by atoms with E-state index in [-0.39, 0.29) is 21.9 Å². The number of ether oxygens (including phenoxy) is 1. The molecule has 0 aliphatic rings. The van der Waals surface area contributed by atoms with E-state index >= 15 is 0 Å². The molecule has 0 saturated carbocycles. The van der Waals surface area contributed by atoms with Crippen LogP contribution in [0.3, 0.4) is 0 Å². The molecule has 0 saturated heterocycles. The lowest BCUT2D eigenvalue weighted by molar-refractivity contribution is 0.0734. The Balaban J connectivity index is 1.72. The van der Waals surface area contributed by atoms with Gasteiger partial charge in [-0.3, -0.25) is 14.8 Å². The summed E-state index contributed by atoms with van der Waals surface area (Å²) in [5, 5.41) is 0.399. The first-order valence-electron chi connectivity index (χ1n) is 10.3. The summed E-state index contributed by atoms with van der Waals surface area (Å²) < 4.78 is 33.3. The molecular formula is C25H18ClN3O5S. The maximum absolute atomic E-state index is 13.6. The van der Waals surface area contributed by atoms with Gasteiger partial charge < -0.3 is 4.74 Å². The van der Waals surface area contributed by atoms with Crippen LogP contribution in [0.15, 0.2) is 96.4 Å². The van der Waals surface area contributed by atoms with Crippen molar-refractivity contribution in [2.45, 2.75) is 11.8 Å². The van der Waals surface area contributed by atoms with Gasteiger partial charge in [-0.15, -0.1) is 0 Å². The van der Waals surface area contributed by atoms with Crippen molar-refractivity contribution >= 4 is 39.2 Å². The third-order valence-electron chi connectivity index (χ3n) is 4.98. The zero-order valence-electron chi connectivity index (χ0n) is 18.3. The summed E-state index contributed by atoms with van der Waals surface area (Å²) in [5.74, 6) is -1.21. The van der Waals surface area contributed by atoms with Crippen LogP contribution in [0.25, 0.3) is 0 Å². The van der Waals surface area contributed by atoms with Gasteiger partial charge in [-0.1, -0.05) is 11.6 Å². The largest absolute Gasteiger partial charge is 0.423 e. The van der Waals surface area contributed by atoms with Crippen molar-refractivity contribution in [1.29, 1.82) is 0 Å². The van der Waals surface area contributed by atoms with Gasteiger partial charge in [0, 0.05) is 35.4 Å². The molecule has 2 aromatic carbocycles. The summed E-state index contributed by atoms with van der Waals surface area (Å²) in [4.78, 5) is 33.3. The van der Waals surface area contributed by atoms with Gasteiger partial charge in [-0.2, -0.15) is 4.31 Å². The molecule has 0 atom stereocenters. The van der Waals surface area contributed by atoms with E-state index in [9.17, 15) is 18.0 Å². The molecule has 4 aromatic rings. The van der Waals surface area contributed by atoms with Crippen LogP contribution in [0.1, 0.15) is 26.3 Å². The van der Waals surface area contributed by atoms with Crippen molar-refractivity contribution in [1.82, 2.24) is 9.97 Å². The number of esters is 1. The Bertz CT molecular complexity index is 1480. The van der Waals surface area contributed by atoms with Crippen molar-refractivity contribution in [2.75, 3.05) is 4.31 Å². The Hall–Kier alpha value is -4.08. The first-order valence-corrected chi connectivity index (χ1v) is 12.1. The van der Waals surface area contributed by atoms with Crippen molar-refractivity contribution in [3.05, 3.63) is 113 Å². The molecule has 2 heterocycles. The van der Waals surface area contributed by atoms with E-state index in [1.807, 2.05) is 0 Å². The number of hydrogen-bond donors (Lipinski definition) is 0. The Morgan fingerprint density at radius 3 is 1.97 bits per heavy atom. The fraction of sp³-hybridized carbons (Fsp3) is 0.0400. The highest BCUT2D eigenvalue weighted by molar-refractivity contribution is 7.93. The summed E-state index contributed by atoms with van der Waals surface area (Å²) in [5.41, 5.74) is 1.03. The van der Waals surface area contributed by atoms with Gasteiger partial charge in [0.25, 0.3) is 15.9 Å². The van der Waals surface area contributed by atoms with E-state index in [0.29, 0.717) is 20.5 Å². The van der Waals surface area contributed by atoms with Crippen molar-refractivity contribution in [2.24, 2.45) is 0 Å². The third kappa shape index (κ3) is 5.21. The highest BCUT2D eigenvalue weighted by Gasteiger charge is 2.32. The number of halogens is 1. The average molecular weight is 508 g/mol. The number of hydrogen-bond acceptors (Lipinski definition) is 7. The minimum absolute atomic E-state index is 0.0584. The summed E-state index contributed by atoms with van der Waals surface area (Å²) in [6, 6.07) is 15.6. The molecule has 0 unspecified atom stereocenters. The summed E-state index contributed by atoms with van der Waals surface area (Å²) in [7, 11) is -4.33. The number of carbonyl (C=O) groups is 2. The topological polar surface area (TPSA) is 107 Å². The molecular weight excluding hydrogens is 490 g/mol. The number of nitrogens with zero attached hydrogens (tertiary/aromatic N) is 3. The van der Waals surface area contributed by atoms with Crippen LogP contribution in [0.4, 0.5) is 5.69 Å². The molecule has 0 spiro atoms. The first-order chi connectivity index (χ1) is 16.8. The van der Waals surface area contributed by atoms with Crippen molar-refractivity contribution in [3.8, 4) is 5.75 Å². The van der Waals surface area contributed by atoms with Gasteiger partial charge in [0.05, 0.1) is 16.1 Å². The lowest BCUT2D eigenvalue weighted by atomic mass is 10.2. The molecule has 4 rings (SSSR count). The van der Waals surface area contributed by atoms with Gasteiger partial charge in [-0.05, 0) is 79.2 Å². The van der Waals surface area contributed by atoms with Crippen molar-refractivity contribution < 1.29 is 22.7 Å². The second-order valence-electron chi connectivity index (χ2n) is 7.34. The number of aromatic nitrogens is 2. The number of pyridine rings is 2. The van der Waals surface area contributed by atoms with E-state index in [2.05, 4.69) is 9.97 Å². The molecule has 0 radical (unpaired) electrons.